The molecule has 106 valence electrons. The molecule has 0 bridgehead atoms. The molecule has 4 nitrogen and oxygen atoms in total. The average molecular weight is 273 g/mol. The quantitative estimate of drug-likeness (QED) is 0.920. The summed E-state index contributed by atoms with van der Waals surface area (Å²) in [5.41, 5.74) is 3.28. The van der Waals surface area contributed by atoms with Crippen molar-refractivity contribution in [3.63, 3.8) is 0 Å². The number of aliphatic carboxylic acids is 1. The minimum atomic E-state index is -0.871. The first-order valence-corrected chi connectivity index (χ1v) is 7.10. The number of carbonyl (C=O) groups excluding carboxylic acids is 1. The normalized spacial score (nSPS) is 26.1. The van der Waals surface area contributed by atoms with Gasteiger partial charge in [-0.1, -0.05) is 18.2 Å². The molecule has 1 aromatic carbocycles. The highest BCUT2D eigenvalue weighted by Gasteiger charge is 2.49. The minimum absolute atomic E-state index is 0.0110. The summed E-state index contributed by atoms with van der Waals surface area (Å²) in [6, 6.07) is 5.96. The van der Waals surface area contributed by atoms with Gasteiger partial charge >= 0.3 is 5.97 Å². The first-order valence-electron chi connectivity index (χ1n) is 7.10. The molecule has 1 saturated heterocycles. The van der Waals surface area contributed by atoms with E-state index in [1.54, 1.807) is 0 Å². The maximum Gasteiger partial charge on any atom is 0.309 e. The van der Waals surface area contributed by atoms with E-state index in [4.69, 9.17) is 0 Å². The van der Waals surface area contributed by atoms with Gasteiger partial charge in [-0.05, 0) is 43.4 Å². The maximum absolute atomic E-state index is 12.2. The first-order chi connectivity index (χ1) is 9.49. The lowest BCUT2D eigenvalue weighted by Gasteiger charge is -2.27. The minimum Gasteiger partial charge on any atom is -0.481 e. The lowest BCUT2D eigenvalue weighted by molar-refractivity contribution is -0.142. The summed E-state index contributed by atoms with van der Waals surface area (Å²) in [5.74, 6) is -1.50. The van der Waals surface area contributed by atoms with Gasteiger partial charge in [-0.2, -0.15) is 0 Å². The molecule has 1 aliphatic heterocycles. The molecule has 0 radical (unpaired) electrons. The van der Waals surface area contributed by atoms with Crippen LogP contribution in [0.25, 0.3) is 0 Å². The van der Waals surface area contributed by atoms with E-state index >= 15 is 0 Å². The van der Waals surface area contributed by atoms with Crippen LogP contribution >= 0.6 is 0 Å². The van der Waals surface area contributed by atoms with Crippen LogP contribution in [-0.2, 0) is 9.59 Å². The Hall–Kier alpha value is -1.84. The van der Waals surface area contributed by atoms with Gasteiger partial charge in [0, 0.05) is 12.5 Å². The van der Waals surface area contributed by atoms with Gasteiger partial charge in [0.2, 0.25) is 5.91 Å². The second-order valence-corrected chi connectivity index (χ2v) is 5.97. The van der Waals surface area contributed by atoms with Crippen LogP contribution < -0.4 is 0 Å². The largest absolute Gasteiger partial charge is 0.481 e. The molecule has 2 aliphatic rings. The van der Waals surface area contributed by atoms with Crippen LogP contribution in [0.4, 0.5) is 0 Å². The predicted octanol–water partition coefficient (Wildman–Crippen LogP) is 2.44. The lowest BCUT2D eigenvalue weighted by Crippen LogP contribution is -2.32. The summed E-state index contributed by atoms with van der Waals surface area (Å²) in [6.45, 7) is 4.05. The summed E-state index contributed by atoms with van der Waals surface area (Å²) >= 11 is 0. The van der Waals surface area contributed by atoms with Crippen LogP contribution in [0.3, 0.4) is 0 Å². The zero-order valence-electron chi connectivity index (χ0n) is 11.8. The fraction of sp³-hybridized carbons (Fsp3) is 0.500. The number of benzene rings is 1. The number of hydrogen-bond donors (Lipinski definition) is 1. The average Bonchev–Trinajstić information content (AvgIpc) is 3.16. The highest BCUT2D eigenvalue weighted by atomic mass is 16.4. The van der Waals surface area contributed by atoms with E-state index in [1.807, 2.05) is 36.9 Å². The van der Waals surface area contributed by atoms with E-state index in [1.165, 1.54) is 5.56 Å². The number of likely N-dealkylation sites (tertiary alicyclic amines) is 1. The highest BCUT2D eigenvalue weighted by Crippen LogP contribution is 2.45. The Kier molecular flexibility index (Phi) is 3.04. The number of amides is 1. The van der Waals surface area contributed by atoms with Crippen molar-refractivity contribution in [1.82, 2.24) is 4.90 Å². The van der Waals surface area contributed by atoms with Gasteiger partial charge in [-0.3, -0.25) is 9.59 Å². The van der Waals surface area contributed by atoms with Crippen LogP contribution in [0, 0.1) is 19.8 Å². The van der Waals surface area contributed by atoms with Crippen LogP contribution in [0.5, 0.6) is 0 Å². The number of carbonyl (C=O) groups is 2. The van der Waals surface area contributed by atoms with Crippen molar-refractivity contribution in [2.45, 2.75) is 45.2 Å². The Morgan fingerprint density at radius 1 is 1.25 bits per heavy atom. The van der Waals surface area contributed by atoms with Gasteiger partial charge in [-0.15, -0.1) is 0 Å². The van der Waals surface area contributed by atoms with Crippen LogP contribution in [-0.4, -0.2) is 27.9 Å². The van der Waals surface area contributed by atoms with E-state index in [2.05, 4.69) is 0 Å². The van der Waals surface area contributed by atoms with Crippen molar-refractivity contribution in [3.8, 4) is 0 Å². The third-order valence-electron chi connectivity index (χ3n) is 4.49. The topological polar surface area (TPSA) is 57.6 Å². The van der Waals surface area contributed by atoms with Gasteiger partial charge < -0.3 is 10.0 Å². The fourth-order valence-corrected chi connectivity index (χ4v) is 3.10. The van der Waals surface area contributed by atoms with Gasteiger partial charge in [0.05, 0.1) is 12.0 Å². The molecule has 1 heterocycles. The Morgan fingerprint density at radius 3 is 2.50 bits per heavy atom. The molecular weight excluding hydrogens is 254 g/mol. The third kappa shape index (κ3) is 2.09. The molecule has 1 saturated carbocycles. The molecule has 4 heteroatoms. The molecule has 3 rings (SSSR count). The third-order valence-corrected chi connectivity index (χ3v) is 4.49. The molecule has 0 spiro atoms. The van der Waals surface area contributed by atoms with Crippen molar-refractivity contribution in [3.05, 3.63) is 34.9 Å². The molecule has 1 amide bonds. The molecule has 2 fully saturated rings. The van der Waals surface area contributed by atoms with Crippen molar-refractivity contribution in [2.24, 2.45) is 5.92 Å². The summed E-state index contributed by atoms with van der Waals surface area (Å²) < 4.78 is 0. The van der Waals surface area contributed by atoms with E-state index in [-0.39, 0.29) is 24.4 Å². The second kappa shape index (κ2) is 4.62. The van der Waals surface area contributed by atoms with Crippen LogP contribution in [0.1, 0.15) is 42.0 Å². The van der Waals surface area contributed by atoms with Crippen LogP contribution in [0.15, 0.2) is 18.2 Å². The summed E-state index contributed by atoms with van der Waals surface area (Å²) in [7, 11) is 0. The molecular formula is C16H19NO3. The number of rotatable bonds is 3. The van der Waals surface area contributed by atoms with E-state index < -0.39 is 11.9 Å². The van der Waals surface area contributed by atoms with Gasteiger partial charge in [0.25, 0.3) is 0 Å². The molecule has 1 N–H and O–H groups in total. The number of nitrogens with zero attached hydrogens (tertiary/aromatic N) is 1. The van der Waals surface area contributed by atoms with Crippen LogP contribution in [0.2, 0.25) is 0 Å². The molecule has 0 aromatic heterocycles. The first kappa shape index (κ1) is 13.2. The van der Waals surface area contributed by atoms with E-state index in [0.717, 1.165) is 24.0 Å². The molecule has 2 unspecified atom stereocenters. The van der Waals surface area contributed by atoms with E-state index in [9.17, 15) is 14.7 Å². The Morgan fingerprint density at radius 2 is 1.95 bits per heavy atom. The number of hydrogen-bond acceptors (Lipinski definition) is 2. The zero-order chi connectivity index (χ0) is 14.4. The fourth-order valence-electron chi connectivity index (χ4n) is 3.10. The Balaban J connectivity index is 2.02. The predicted molar refractivity (Wildman–Crippen MR) is 74.3 cm³/mol. The van der Waals surface area contributed by atoms with Crippen molar-refractivity contribution >= 4 is 11.9 Å². The number of carboxylic acid groups (broad SMARTS) is 1. The van der Waals surface area contributed by atoms with E-state index in [0.29, 0.717) is 0 Å². The highest BCUT2D eigenvalue weighted by molar-refractivity contribution is 5.87. The molecule has 1 aliphatic carbocycles. The SMILES string of the molecule is Cc1ccc(C2C(C(=O)O)CC(=O)N2C2CC2)cc1C. The number of carboxylic acids is 1. The smallest absolute Gasteiger partial charge is 0.309 e. The van der Waals surface area contributed by atoms with Crippen molar-refractivity contribution in [1.29, 1.82) is 0 Å². The molecule has 1 aromatic rings. The van der Waals surface area contributed by atoms with Crippen molar-refractivity contribution < 1.29 is 14.7 Å². The number of aryl methyl sites for hydroxylation is 2. The van der Waals surface area contributed by atoms with Gasteiger partial charge in [0.15, 0.2) is 0 Å². The summed E-state index contributed by atoms with van der Waals surface area (Å²) in [5, 5.41) is 9.43. The Bertz CT molecular complexity index is 577. The zero-order valence-corrected chi connectivity index (χ0v) is 11.8. The summed E-state index contributed by atoms with van der Waals surface area (Å²) in [4.78, 5) is 25.5. The lowest BCUT2D eigenvalue weighted by atomic mass is 9.91. The molecule has 20 heavy (non-hydrogen) atoms. The van der Waals surface area contributed by atoms with Crippen molar-refractivity contribution in [2.75, 3.05) is 0 Å². The monoisotopic (exact) mass is 273 g/mol. The Labute approximate surface area is 118 Å². The second-order valence-electron chi connectivity index (χ2n) is 5.97. The summed E-state index contributed by atoms with van der Waals surface area (Å²) in [6.07, 6.45) is 2.13. The van der Waals surface area contributed by atoms with Gasteiger partial charge in [0.1, 0.15) is 0 Å². The van der Waals surface area contributed by atoms with Gasteiger partial charge in [-0.25, -0.2) is 0 Å². The maximum atomic E-state index is 12.2. The molecule has 2 atom stereocenters. The standard InChI is InChI=1S/C16H19NO3/c1-9-3-4-11(7-10(9)2)15-13(16(19)20)8-14(18)17(15)12-5-6-12/h3-4,7,12-13,15H,5-6,8H2,1-2H3,(H,19,20).